The molecule has 0 atom stereocenters. The summed E-state index contributed by atoms with van der Waals surface area (Å²) in [5, 5.41) is 2.62. The minimum atomic E-state index is 0.0688. The van der Waals surface area contributed by atoms with Gasteiger partial charge in [0, 0.05) is 0 Å². The van der Waals surface area contributed by atoms with Gasteiger partial charge in [-0.15, -0.1) is 0 Å². The van der Waals surface area contributed by atoms with Crippen molar-refractivity contribution in [2.24, 2.45) is 5.92 Å². The molecule has 1 aliphatic rings. The van der Waals surface area contributed by atoms with Gasteiger partial charge in [-0.25, -0.2) is 0 Å². The van der Waals surface area contributed by atoms with Gasteiger partial charge in [0.25, 0.3) is 0 Å². The molecule has 14 heavy (non-hydrogen) atoms. The Bertz CT molecular complexity index is 302. The minimum absolute atomic E-state index is 0.0688. The van der Waals surface area contributed by atoms with E-state index in [2.05, 4.69) is 35.8 Å². The first-order chi connectivity index (χ1) is 6.63. The van der Waals surface area contributed by atoms with E-state index in [1.165, 1.54) is 24.9 Å². The molecule has 3 heteroatoms. The average Bonchev–Trinajstić information content (AvgIpc) is 2.16. The number of rotatable bonds is 3. The van der Waals surface area contributed by atoms with Crippen LogP contribution in [-0.2, 0) is 24.1 Å². The molecular formula is C11H14NOW-. The zero-order valence-corrected chi connectivity index (χ0v) is 11.4. The Balaban J connectivity index is 2.75. The van der Waals surface area contributed by atoms with E-state index in [9.17, 15) is 4.79 Å². The molecule has 0 aromatic rings. The van der Waals surface area contributed by atoms with Crippen LogP contribution in [0.2, 0.25) is 0 Å². The molecule has 1 N–H and O–H groups in total. The van der Waals surface area contributed by atoms with Crippen molar-refractivity contribution >= 4 is 10.3 Å². The van der Waals surface area contributed by atoms with Crippen molar-refractivity contribution in [1.82, 2.24) is 5.32 Å². The third-order valence-electron chi connectivity index (χ3n) is 2.13. The molecule has 0 saturated heterocycles. The maximum absolute atomic E-state index is 10.9. The first-order valence-corrected chi connectivity index (χ1v) is 6.40. The van der Waals surface area contributed by atoms with Crippen molar-refractivity contribution in [2.45, 2.75) is 26.7 Å². The Kier molecular flexibility index (Phi) is 4.47. The van der Waals surface area contributed by atoms with Gasteiger partial charge in [-0.1, -0.05) is 0 Å². The molecule has 0 aromatic carbocycles. The quantitative estimate of drug-likeness (QED) is 0.760. The normalized spacial score (nSPS) is 17.8. The summed E-state index contributed by atoms with van der Waals surface area (Å²) in [5.41, 5.74) is 2.43. The fourth-order valence-corrected chi connectivity index (χ4v) is 2.39. The van der Waals surface area contributed by atoms with Crippen molar-refractivity contribution in [3.05, 3.63) is 23.4 Å². The van der Waals surface area contributed by atoms with Crippen LogP contribution in [0.4, 0.5) is 0 Å². The molecule has 0 bridgehead atoms. The van der Waals surface area contributed by atoms with E-state index in [1.54, 1.807) is 0 Å². The van der Waals surface area contributed by atoms with Gasteiger partial charge in [-0.3, -0.25) is 0 Å². The van der Waals surface area contributed by atoms with Crippen molar-refractivity contribution in [2.75, 3.05) is 0 Å². The van der Waals surface area contributed by atoms with Gasteiger partial charge < -0.3 is 0 Å². The topological polar surface area (TPSA) is 29.1 Å². The van der Waals surface area contributed by atoms with Gasteiger partial charge in [-0.2, -0.15) is 0 Å². The van der Waals surface area contributed by atoms with Gasteiger partial charge in [-0.05, 0) is 0 Å². The summed E-state index contributed by atoms with van der Waals surface area (Å²) in [7, 11) is 0. The Morgan fingerprint density at radius 1 is 1.57 bits per heavy atom. The maximum atomic E-state index is 10.9. The Morgan fingerprint density at radius 3 is 2.71 bits per heavy atom. The van der Waals surface area contributed by atoms with Gasteiger partial charge in [0.1, 0.15) is 0 Å². The van der Waals surface area contributed by atoms with E-state index in [4.69, 9.17) is 0 Å². The number of nitrogens with one attached hydrogen (secondary N) is 1. The van der Waals surface area contributed by atoms with Crippen molar-refractivity contribution in [3.8, 4) is 0 Å². The predicted octanol–water partition coefficient (Wildman–Crippen LogP) is 1.51. The molecule has 0 fully saturated rings. The van der Waals surface area contributed by atoms with E-state index >= 15 is 0 Å². The van der Waals surface area contributed by atoms with E-state index in [-0.39, 0.29) is 5.91 Å². The summed E-state index contributed by atoms with van der Waals surface area (Å²) in [5.74, 6) is 0.610. The number of hydrogen-bond donors (Lipinski definition) is 1. The summed E-state index contributed by atoms with van der Waals surface area (Å²) in [6.45, 7) is 4.35. The van der Waals surface area contributed by atoms with Crippen molar-refractivity contribution < 1.29 is 24.1 Å². The molecule has 0 radical (unpaired) electrons. The second-order valence-electron chi connectivity index (χ2n) is 3.62. The number of carbonyl (C=O) groups is 1. The summed E-state index contributed by atoms with van der Waals surface area (Å²) in [4.78, 5) is 10.9. The molecule has 0 unspecified atom stereocenters. The zero-order chi connectivity index (χ0) is 10.6. The molecule has 0 aromatic heterocycles. The first-order valence-electron chi connectivity index (χ1n) is 4.71. The van der Waals surface area contributed by atoms with Gasteiger partial charge in [0.2, 0.25) is 0 Å². The first kappa shape index (κ1) is 11.6. The molecule has 2 nitrogen and oxygen atoms in total. The van der Waals surface area contributed by atoms with Gasteiger partial charge in [0.05, 0.1) is 0 Å². The van der Waals surface area contributed by atoms with E-state index < -0.39 is 0 Å². The predicted molar refractivity (Wildman–Crippen MR) is 53.1 cm³/mol. The number of hydrogen-bond acceptors (Lipinski definition) is 1. The summed E-state index contributed by atoms with van der Waals surface area (Å²) < 4.78 is 2.19. The van der Waals surface area contributed by atoms with Crippen LogP contribution >= 0.6 is 0 Å². The molecule has 1 heterocycles. The van der Waals surface area contributed by atoms with Crippen LogP contribution in [0.3, 0.4) is 0 Å². The second kappa shape index (κ2) is 5.40. The average molecular weight is 360 g/mol. The Morgan fingerprint density at radius 2 is 2.29 bits per heavy atom. The Hall–Kier alpha value is -0.492. The van der Waals surface area contributed by atoms with Crippen LogP contribution in [0.25, 0.3) is 0 Å². The zero-order valence-electron chi connectivity index (χ0n) is 8.46. The molecule has 1 rings (SSSR count). The monoisotopic (exact) mass is 360 g/mol. The molecule has 76 valence electrons. The van der Waals surface area contributed by atoms with Crippen LogP contribution in [-0.4, -0.2) is 10.3 Å². The van der Waals surface area contributed by atoms with Crippen LogP contribution in [0.5, 0.6) is 0 Å². The molecular weight excluding hydrogens is 346 g/mol. The van der Waals surface area contributed by atoms with E-state index in [0.29, 0.717) is 12.3 Å². The molecule has 0 aliphatic carbocycles. The third kappa shape index (κ3) is 3.34. The standard InChI is InChI=1S/C11H14NO.W/c1-8(2)9(3)6-10-4-5-11(13)12-7-10;/h3,6,8H,4-5H2,1-2H3,(H,12,13);/q-1;/b9-6+;. The number of allylic oxidation sites excluding steroid dienone is 3. The van der Waals surface area contributed by atoms with Crippen LogP contribution in [0.15, 0.2) is 17.2 Å². The number of amides is 1. The van der Waals surface area contributed by atoms with E-state index in [1.807, 2.05) is 0 Å². The van der Waals surface area contributed by atoms with Crippen LogP contribution < -0.4 is 5.32 Å². The van der Waals surface area contributed by atoms with Crippen LogP contribution in [0, 0.1) is 12.1 Å². The summed E-state index contributed by atoms with van der Waals surface area (Å²) >= 11 is 1.46. The summed E-state index contributed by atoms with van der Waals surface area (Å²) in [6, 6.07) is 0. The van der Waals surface area contributed by atoms with Gasteiger partial charge >= 0.3 is 95.8 Å². The molecule has 1 amide bonds. The number of carbonyl (C=O) groups excluding carboxylic acids is 1. The third-order valence-corrected chi connectivity index (χ3v) is 3.11. The summed E-state index contributed by atoms with van der Waals surface area (Å²) in [6.07, 6.45) is 6.45. The van der Waals surface area contributed by atoms with Gasteiger partial charge in [0.15, 0.2) is 0 Å². The second-order valence-corrected chi connectivity index (χ2v) is 4.46. The fourth-order valence-electron chi connectivity index (χ4n) is 1.17. The van der Waals surface area contributed by atoms with Crippen molar-refractivity contribution in [1.29, 1.82) is 0 Å². The molecule has 1 aliphatic heterocycles. The Labute approximate surface area is 95.9 Å². The van der Waals surface area contributed by atoms with Crippen molar-refractivity contribution in [3.63, 3.8) is 0 Å². The van der Waals surface area contributed by atoms with E-state index in [0.717, 1.165) is 12.0 Å². The fraction of sp³-hybridized carbons (Fsp3) is 0.455. The molecule has 0 spiro atoms. The SMILES string of the molecule is CC(C)/C([CH]=[W])=C/C1=[C-]NC(=O)CC1. The molecule has 0 saturated carbocycles. The van der Waals surface area contributed by atoms with Crippen LogP contribution in [0.1, 0.15) is 26.7 Å².